The van der Waals surface area contributed by atoms with E-state index in [1.54, 1.807) is 7.11 Å². The van der Waals surface area contributed by atoms with E-state index in [1.165, 1.54) is 11.4 Å². The molecule has 1 aromatic heterocycles. The van der Waals surface area contributed by atoms with E-state index in [2.05, 4.69) is 5.32 Å². The summed E-state index contributed by atoms with van der Waals surface area (Å²) >= 11 is 0.938. The molecule has 0 atom stereocenters. The number of methoxy groups -OCH3 is 1. The van der Waals surface area contributed by atoms with Gasteiger partial charge in [-0.25, -0.2) is 13.6 Å². The molecule has 0 spiro atoms. The van der Waals surface area contributed by atoms with Gasteiger partial charge in [-0.1, -0.05) is 13.8 Å². The van der Waals surface area contributed by atoms with Crippen LogP contribution in [0.3, 0.4) is 0 Å². The van der Waals surface area contributed by atoms with Gasteiger partial charge in [-0.2, -0.15) is 0 Å². The first kappa shape index (κ1) is 17.1. The van der Waals surface area contributed by atoms with Crippen LogP contribution in [0.15, 0.2) is 15.7 Å². The molecule has 0 radical (unpaired) electrons. The standard InChI is InChI=1S/C12H20N2O4S2/c1-12(2,4-5-18-3)8-14-11(15)9-6-10(19-7-9)20(13,16)17/h6-7H,4-5,8H2,1-3H3,(H,14,15)(H2,13,16,17). The van der Waals surface area contributed by atoms with Gasteiger partial charge in [-0.05, 0) is 17.9 Å². The lowest BCUT2D eigenvalue weighted by atomic mass is 9.89. The number of ether oxygens (including phenoxy) is 1. The molecule has 8 heteroatoms. The molecule has 20 heavy (non-hydrogen) atoms. The van der Waals surface area contributed by atoms with Gasteiger partial charge >= 0.3 is 0 Å². The first-order chi connectivity index (χ1) is 9.15. The van der Waals surface area contributed by atoms with Crippen molar-refractivity contribution in [3.05, 3.63) is 17.0 Å². The second-order valence-corrected chi connectivity index (χ2v) is 7.99. The molecule has 0 bridgehead atoms. The Bertz CT molecular complexity index is 564. The maximum Gasteiger partial charge on any atom is 0.252 e. The van der Waals surface area contributed by atoms with Crippen molar-refractivity contribution in [3.63, 3.8) is 0 Å². The Hall–Kier alpha value is -0.960. The third-order valence-electron chi connectivity index (χ3n) is 2.83. The van der Waals surface area contributed by atoms with Crippen molar-refractivity contribution in [2.45, 2.75) is 24.5 Å². The molecular formula is C12H20N2O4S2. The molecular weight excluding hydrogens is 300 g/mol. The van der Waals surface area contributed by atoms with Gasteiger partial charge in [0.05, 0.1) is 5.56 Å². The minimum Gasteiger partial charge on any atom is -0.385 e. The van der Waals surface area contributed by atoms with Crippen molar-refractivity contribution in [3.8, 4) is 0 Å². The Morgan fingerprint density at radius 3 is 2.65 bits per heavy atom. The van der Waals surface area contributed by atoms with Crippen LogP contribution >= 0.6 is 11.3 Å². The highest BCUT2D eigenvalue weighted by molar-refractivity contribution is 7.91. The number of nitrogens with one attached hydrogen (secondary N) is 1. The second-order valence-electron chi connectivity index (χ2n) is 5.29. The predicted molar refractivity (Wildman–Crippen MR) is 78.3 cm³/mol. The van der Waals surface area contributed by atoms with Crippen molar-refractivity contribution in [2.24, 2.45) is 10.6 Å². The van der Waals surface area contributed by atoms with Crippen LogP contribution in [0.5, 0.6) is 0 Å². The van der Waals surface area contributed by atoms with E-state index in [4.69, 9.17) is 9.88 Å². The van der Waals surface area contributed by atoms with Crippen LogP contribution in [-0.2, 0) is 14.8 Å². The molecule has 0 saturated heterocycles. The molecule has 1 heterocycles. The lowest BCUT2D eigenvalue weighted by Gasteiger charge is -2.24. The quantitative estimate of drug-likeness (QED) is 0.788. The average molecular weight is 320 g/mol. The van der Waals surface area contributed by atoms with Crippen molar-refractivity contribution >= 4 is 27.3 Å². The number of rotatable bonds is 7. The molecule has 1 aromatic rings. The third kappa shape index (κ3) is 5.20. The molecule has 3 N–H and O–H groups in total. The summed E-state index contributed by atoms with van der Waals surface area (Å²) in [6.45, 7) is 5.15. The zero-order valence-corrected chi connectivity index (χ0v) is 13.4. The van der Waals surface area contributed by atoms with E-state index in [1.807, 2.05) is 13.8 Å². The number of amides is 1. The highest BCUT2D eigenvalue weighted by Crippen LogP contribution is 2.21. The smallest absolute Gasteiger partial charge is 0.252 e. The molecule has 1 amide bonds. The monoisotopic (exact) mass is 320 g/mol. The van der Waals surface area contributed by atoms with Crippen LogP contribution in [-0.4, -0.2) is 34.6 Å². The fourth-order valence-electron chi connectivity index (χ4n) is 1.47. The summed E-state index contributed by atoms with van der Waals surface area (Å²) in [6.07, 6.45) is 0.815. The van der Waals surface area contributed by atoms with Gasteiger partial charge in [0.1, 0.15) is 4.21 Å². The summed E-state index contributed by atoms with van der Waals surface area (Å²) in [5.41, 5.74) is 0.214. The Morgan fingerprint density at radius 1 is 1.50 bits per heavy atom. The first-order valence-electron chi connectivity index (χ1n) is 6.04. The van der Waals surface area contributed by atoms with Crippen LogP contribution in [0.4, 0.5) is 0 Å². The lowest BCUT2D eigenvalue weighted by Crippen LogP contribution is -2.34. The SMILES string of the molecule is COCCC(C)(C)CNC(=O)c1csc(S(N)(=O)=O)c1. The number of sulfonamides is 1. The zero-order valence-electron chi connectivity index (χ0n) is 11.8. The molecule has 0 aliphatic rings. The molecule has 0 aliphatic heterocycles. The summed E-state index contributed by atoms with van der Waals surface area (Å²) in [5, 5.41) is 9.28. The number of carbonyl (C=O) groups is 1. The summed E-state index contributed by atoms with van der Waals surface area (Å²) < 4.78 is 27.3. The molecule has 0 unspecified atom stereocenters. The first-order valence-corrected chi connectivity index (χ1v) is 8.47. The molecule has 0 saturated carbocycles. The van der Waals surface area contributed by atoms with Crippen LogP contribution in [0, 0.1) is 5.41 Å². The van der Waals surface area contributed by atoms with Crippen LogP contribution in [0.2, 0.25) is 0 Å². The Morgan fingerprint density at radius 2 is 2.15 bits per heavy atom. The summed E-state index contributed by atoms with van der Waals surface area (Å²) in [5.74, 6) is -0.304. The maximum absolute atomic E-state index is 11.9. The van der Waals surface area contributed by atoms with Gasteiger partial charge in [0.2, 0.25) is 10.0 Å². The van der Waals surface area contributed by atoms with E-state index in [0.29, 0.717) is 18.7 Å². The van der Waals surface area contributed by atoms with Crippen LogP contribution in [0.1, 0.15) is 30.6 Å². The van der Waals surface area contributed by atoms with Crippen molar-refractivity contribution in [1.29, 1.82) is 0 Å². The van der Waals surface area contributed by atoms with Crippen LogP contribution < -0.4 is 10.5 Å². The fraction of sp³-hybridized carbons (Fsp3) is 0.583. The van der Waals surface area contributed by atoms with E-state index >= 15 is 0 Å². The van der Waals surface area contributed by atoms with Crippen molar-refractivity contribution in [1.82, 2.24) is 5.32 Å². The van der Waals surface area contributed by atoms with Gasteiger partial charge in [-0.15, -0.1) is 11.3 Å². The van der Waals surface area contributed by atoms with Gasteiger partial charge < -0.3 is 10.1 Å². The highest BCUT2D eigenvalue weighted by atomic mass is 32.2. The average Bonchev–Trinajstić information content (AvgIpc) is 2.83. The third-order valence-corrected chi connectivity index (χ3v) is 5.21. The topological polar surface area (TPSA) is 98.5 Å². The second kappa shape index (κ2) is 6.66. The van der Waals surface area contributed by atoms with Crippen molar-refractivity contribution in [2.75, 3.05) is 20.3 Å². The van der Waals surface area contributed by atoms with E-state index in [0.717, 1.165) is 17.8 Å². The van der Waals surface area contributed by atoms with Gasteiger partial charge in [-0.3, -0.25) is 4.79 Å². The maximum atomic E-state index is 11.9. The predicted octanol–water partition coefficient (Wildman–Crippen LogP) is 1.19. The van der Waals surface area contributed by atoms with Gasteiger partial charge in [0.15, 0.2) is 0 Å². The van der Waals surface area contributed by atoms with Gasteiger partial charge in [0, 0.05) is 25.6 Å². The Labute approximate surface area is 123 Å². The Kier molecular flexibility index (Phi) is 5.69. The van der Waals surface area contributed by atoms with Gasteiger partial charge in [0.25, 0.3) is 5.91 Å². The van der Waals surface area contributed by atoms with E-state index < -0.39 is 10.0 Å². The lowest BCUT2D eigenvalue weighted by molar-refractivity contribution is 0.0921. The summed E-state index contributed by atoms with van der Waals surface area (Å²) in [4.78, 5) is 11.9. The number of hydrogen-bond acceptors (Lipinski definition) is 5. The summed E-state index contributed by atoms with van der Waals surface area (Å²) in [7, 11) is -2.12. The minimum absolute atomic E-state index is 0.0127. The molecule has 114 valence electrons. The molecule has 0 aromatic carbocycles. The number of thiophene rings is 1. The summed E-state index contributed by atoms with van der Waals surface area (Å²) in [6, 6.07) is 1.29. The molecule has 6 nitrogen and oxygen atoms in total. The van der Waals surface area contributed by atoms with E-state index in [9.17, 15) is 13.2 Å². The molecule has 1 rings (SSSR count). The largest absolute Gasteiger partial charge is 0.385 e. The Balaban J connectivity index is 2.62. The zero-order chi connectivity index (χ0) is 15.4. The number of nitrogens with two attached hydrogens (primary N) is 1. The van der Waals surface area contributed by atoms with Crippen LogP contribution in [0.25, 0.3) is 0 Å². The normalized spacial score (nSPS) is 12.4. The van der Waals surface area contributed by atoms with Crippen molar-refractivity contribution < 1.29 is 17.9 Å². The highest BCUT2D eigenvalue weighted by Gasteiger charge is 2.20. The fourth-order valence-corrected chi connectivity index (χ4v) is 3.06. The minimum atomic E-state index is -3.75. The molecule has 0 fully saturated rings. The van der Waals surface area contributed by atoms with E-state index in [-0.39, 0.29) is 15.5 Å². The number of hydrogen-bond donors (Lipinski definition) is 2. The number of carbonyl (C=O) groups excluding carboxylic acids is 1. The molecule has 0 aliphatic carbocycles. The number of primary sulfonamides is 1.